The number of ether oxygens (including phenoxy) is 3. The predicted molar refractivity (Wildman–Crippen MR) is 172 cm³/mol. The van der Waals surface area contributed by atoms with Crippen LogP contribution in [0, 0.1) is 5.41 Å². The highest BCUT2D eigenvalue weighted by Gasteiger charge is 2.38. The summed E-state index contributed by atoms with van der Waals surface area (Å²) in [5.74, 6) is 0.518. The first kappa shape index (κ1) is 32.6. The van der Waals surface area contributed by atoms with E-state index in [4.69, 9.17) is 14.2 Å². The van der Waals surface area contributed by atoms with E-state index < -0.39 is 6.09 Å². The lowest BCUT2D eigenvalue weighted by Gasteiger charge is -2.38. The topological polar surface area (TPSA) is 97.4 Å². The van der Waals surface area contributed by atoms with Crippen LogP contribution in [0.2, 0.25) is 0 Å². The molecule has 2 aromatic carbocycles. The zero-order valence-electron chi connectivity index (χ0n) is 26.6. The number of hydrogen-bond acceptors (Lipinski definition) is 6. The van der Waals surface area contributed by atoms with E-state index in [1.807, 2.05) is 47.4 Å². The fourth-order valence-corrected chi connectivity index (χ4v) is 6.83. The van der Waals surface area contributed by atoms with Crippen molar-refractivity contribution in [1.82, 2.24) is 15.1 Å². The lowest BCUT2D eigenvalue weighted by Crippen LogP contribution is -2.43. The van der Waals surface area contributed by atoms with Crippen molar-refractivity contribution in [3.8, 4) is 5.75 Å². The van der Waals surface area contributed by atoms with Gasteiger partial charge in [0.25, 0.3) is 0 Å². The summed E-state index contributed by atoms with van der Waals surface area (Å²) in [5, 5.41) is 2.83. The van der Waals surface area contributed by atoms with Gasteiger partial charge in [-0.1, -0.05) is 61.7 Å². The summed E-state index contributed by atoms with van der Waals surface area (Å²) in [4.78, 5) is 40.8. The molecule has 1 spiro atoms. The standard InChI is InChI=1S/C36H49N3O6/c40-33(37-22-8-1-2-9-27-43-34(41)39-25-20-36(21-26-39)18-6-7-19-36)44-32-16-23-38(24-17-32)35(42)45-31-14-12-30(13-15-31)28-29-10-4-3-5-11-29/h3-5,10-15,32H,1-2,6-9,16-28H2,(H,37,40). The third-order valence-corrected chi connectivity index (χ3v) is 9.67. The highest BCUT2D eigenvalue weighted by atomic mass is 16.6. The Morgan fingerprint density at radius 2 is 1.38 bits per heavy atom. The fourth-order valence-electron chi connectivity index (χ4n) is 6.83. The van der Waals surface area contributed by atoms with Gasteiger partial charge in [-0.3, -0.25) is 0 Å². The maximum absolute atomic E-state index is 12.6. The van der Waals surface area contributed by atoms with Crippen LogP contribution in [0.1, 0.15) is 88.2 Å². The van der Waals surface area contributed by atoms with Gasteiger partial charge < -0.3 is 29.3 Å². The lowest BCUT2D eigenvalue weighted by atomic mass is 9.77. The summed E-state index contributed by atoms with van der Waals surface area (Å²) in [6, 6.07) is 17.8. The maximum atomic E-state index is 12.6. The molecule has 0 atom stereocenters. The van der Waals surface area contributed by atoms with Gasteiger partial charge in [0.15, 0.2) is 0 Å². The number of alkyl carbamates (subject to hydrolysis) is 1. The van der Waals surface area contributed by atoms with Gasteiger partial charge >= 0.3 is 18.3 Å². The average molecular weight is 620 g/mol. The smallest absolute Gasteiger partial charge is 0.415 e. The van der Waals surface area contributed by atoms with Crippen molar-refractivity contribution in [3.63, 3.8) is 0 Å². The van der Waals surface area contributed by atoms with Crippen molar-refractivity contribution >= 4 is 18.3 Å². The van der Waals surface area contributed by atoms with E-state index >= 15 is 0 Å². The molecule has 9 heteroatoms. The van der Waals surface area contributed by atoms with E-state index in [0.29, 0.717) is 50.2 Å². The number of piperidine rings is 2. The van der Waals surface area contributed by atoms with E-state index in [-0.39, 0.29) is 18.3 Å². The zero-order valence-corrected chi connectivity index (χ0v) is 26.6. The van der Waals surface area contributed by atoms with Crippen LogP contribution in [-0.2, 0) is 15.9 Å². The summed E-state index contributed by atoms with van der Waals surface area (Å²) < 4.78 is 16.6. The second-order valence-corrected chi connectivity index (χ2v) is 12.9. The number of rotatable bonds is 11. The minimum atomic E-state index is -0.415. The van der Waals surface area contributed by atoms with Gasteiger partial charge in [0.1, 0.15) is 11.9 Å². The first-order valence-corrected chi connectivity index (χ1v) is 16.9. The molecule has 2 saturated heterocycles. The minimum absolute atomic E-state index is 0.167. The average Bonchev–Trinajstić information content (AvgIpc) is 3.52. The number of nitrogens with one attached hydrogen (secondary N) is 1. The van der Waals surface area contributed by atoms with Crippen LogP contribution in [0.4, 0.5) is 14.4 Å². The molecule has 3 fully saturated rings. The number of benzene rings is 2. The van der Waals surface area contributed by atoms with Gasteiger partial charge in [-0.05, 0) is 80.0 Å². The van der Waals surface area contributed by atoms with Gasteiger partial charge in [-0.2, -0.15) is 0 Å². The van der Waals surface area contributed by atoms with Crippen molar-refractivity contribution < 1.29 is 28.6 Å². The zero-order chi connectivity index (χ0) is 31.3. The molecule has 0 aromatic heterocycles. The van der Waals surface area contributed by atoms with Crippen molar-refractivity contribution in [2.75, 3.05) is 39.3 Å². The Balaban J connectivity index is 0.861. The minimum Gasteiger partial charge on any atom is -0.449 e. The molecular weight excluding hydrogens is 570 g/mol. The molecule has 2 heterocycles. The molecule has 244 valence electrons. The highest BCUT2D eigenvalue weighted by molar-refractivity contribution is 5.71. The van der Waals surface area contributed by atoms with Crippen LogP contribution in [0.5, 0.6) is 5.75 Å². The summed E-state index contributed by atoms with van der Waals surface area (Å²) in [7, 11) is 0. The summed E-state index contributed by atoms with van der Waals surface area (Å²) in [5.41, 5.74) is 2.89. The Labute approximate surface area is 267 Å². The SMILES string of the molecule is O=C(NCCCCCCOC(=O)N1CCC2(CCCC2)CC1)OC1CCN(C(=O)Oc2ccc(Cc3ccccc3)cc2)CC1. The van der Waals surface area contributed by atoms with Gasteiger partial charge in [-0.15, -0.1) is 0 Å². The molecule has 0 radical (unpaired) electrons. The molecule has 9 nitrogen and oxygen atoms in total. The molecule has 1 N–H and O–H groups in total. The van der Waals surface area contributed by atoms with Gasteiger partial charge in [0.2, 0.25) is 0 Å². The van der Waals surface area contributed by atoms with Gasteiger partial charge in [-0.25, -0.2) is 14.4 Å². The van der Waals surface area contributed by atoms with E-state index in [2.05, 4.69) is 17.4 Å². The molecule has 1 aliphatic carbocycles. The molecule has 3 aliphatic rings. The van der Waals surface area contributed by atoms with Crippen LogP contribution >= 0.6 is 0 Å². The molecule has 5 rings (SSSR count). The lowest BCUT2D eigenvalue weighted by molar-refractivity contribution is 0.0523. The monoisotopic (exact) mass is 619 g/mol. The molecule has 0 unspecified atom stereocenters. The van der Waals surface area contributed by atoms with Crippen molar-refractivity contribution in [2.24, 2.45) is 5.41 Å². The number of likely N-dealkylation sites (tertiary alicyclic amines) is 2. The van der Waals surface area contributed by atoms with Gasteiger partial charge in [0, 0.05) is 45.6 Å². The second kappa shape index (κ2) is 16.5. The van der Waals surface area contributed by atoms with Crippen molar-refractivity contribution in [2.45, 2.75) is 89.6 Å². The summed E-state index contributed by atoms with van der Waals surface area (Å²) in [6.45, 7) is 3.61. The molecule has 0 bridgehead atoms. The third kappa shape index (κ3) is 10.1. The Morgan fingerprint density at radius 1 is 0.733 bits per heavy atom. The first-order chi connectivity index (χ1) is 22.0. The Hall–Kier alpha value is -3.75. The van der Waals surface area contributed by atoms with E-state index in [1.165, 1.54) is 31.2 Å². The third-order valence-electron chi connectivity index (χ3n) is 9.67. The van der Waals surface area contributed by atoms with E-state index in [0.717, 1.165) is 63.6 Å². The maximum Gasteiger partial charge on any atom is 0.415 e. The van der Waals surface area contributed by atoms with Gasteiger partial charge in [0.05, 0.1) is 6.61 Å². The molecule has 2 aromatic rings. The van der Waals surface area contributed by atoms with Crippen LogP contribution < -0.4 is 10.1 Å². The molecule has 45 heavy (non-hydrogen) atoms. The normalized spacial score (nSPS) is 18.0. The number of amides is 3. The number of carbonyl (C=O) groups is 3. The highest BCUT2D eigenvalue weighted by Crippen LogP contribution is 2.46. The van der Waals surface area contributed by atoms with Crippen molar-refractivity contribution in [1.29, 1.82) is 0 Å². The molecule has 2 aliphatic heterocycles. The summed E-state index contributed by atoms with van der Waals surface area (Å²) in [6.07, 6.45) is 11.9. The number of hydrogen-bond donors (Lipinski definition) is 1. The Bertz CT molecular complexity index is 1210. The molecule has 3 amide bonds. The Morgan fingerprint density at radius 3 is 2.09 bits per heavy atom. The summed E-state index contributed by atoms with van der Waals surface area (Å²) >= 11 is 0. The van der Waals surface area contributed by atoms with Crippen LogP contribution in [0.3, 0.4) is 0 Å². The largest absolute Gasteiger partial charge is 0.449 e. The van der Waals surface area contributed by atoms with Crippen LogP contribution in [0.25, 0.3) is 0 Å². The second-order valence-electron chi connectivity index (χ2n) is 12.9. The molecular formula is C36H49N3O6. The van der Waals surface area contributed by atoms with Crippen LogP contribution in [-0.4, -0.2) is 73.5 Å². The fraction of sp³-hybridized carbons (Fsp3) is 0.583. The van der Waals surface area contributed by atoms with Crippen molar-refractivity contribution in [3.05, 3.63) is 65.7 Å². The predicted octanol–water partition coefficient (Wildman–Crippen LogP) is 7.32. The quantitative estimate of drug-likeness (QED) is 0.265. The number of unbranched alkanes of at least 4 members (excludes halogenated alkanes) is 3. The Kier molecular flexibility index (Phi) is 12.0. The van der Waals surface area contributed by atoms with Crippen LogP contribution in [0.15, 0.2) is 54.6 Å². The number of nitrogens with zero attached hydrogens (tertiary/aromatic N) is 2. The van der Waals surface area contributed by atoms with E-state index in [1.54, 1.807) is 4.90 Å². The van der Waals surface area contributed by atoms with E-state index in [9.17, 15) is 14.4 Å². The first-order valence-electron chi connectivity index (χ1n) is 16.9. The molecule has 1 saturated carbocycles. The number of carbonyl (C=O) groups excluding carboxylic acids is 3.